The molecule has 0 heterocycles. The molecule has 0 unspecified atom stereocenters. The molecule has 1 N–H and O–H groups in total. The zero-order valence-electron chi connectivity index (χ0n) is 12.8. The molecule has 19 heavy (non-hydrogen) atoms. The van der Waals surface area contributed by atoms with Crippen molar-refractivity contribution in [3.8, 4) is 0 Å². The second kappa shape index (κ2) is 8.77. The van der Waals surface area contributed by atoms with E-state index in [4.69, 9.17) is 5.11 Å². The van der Waals surface area contributed by atoms with Crippen LogP contribution in [0.5, 0.6) is 0 Å². The van der Waals surface area contributed by atoms with Crippen molar-refractivity contribution in [1.29, 1.82) is 0 Å². The molecule has 0 aromatic carbocycles. The summed E-state index contributed by atoms with van der Waals surface area (Å²) < 4.78 is 0. The summed E-state index contributed by atoms with van der Waals surface area (Å²) in [6.45, 7) is 9.59. The fourth-order valence-corrected chi connectivity index (χ4v) is 1.64. The lowest BCUT2D eigenvalue weighted by Gasteiger charge is -2.28. The molecule has 0 radical (unpaired) electrons. The Hall–Kier alpha value is -1.26. The molecule has 0 aliphatic carbocycles. The fourth-order valence-electron chi connectivity index (χ4n) is 1.64. The molecule has 0 aromatic rings. The molecule has 5 nitrogen and oxygen atoms in total. The third-order valence-electron chi connectivity index (χ3n) is 2.92. The van der Waals surface area contributed by atoms with Gasteiger partial charge in [-0.2, -0.15) is 0 Å². The van der Waals surface area contributed by atoms with Crippen molar-refractivity contribution in [2.24, 2.45) is 11.8 Å². The monoisotopic (exact) mass is 272 g/mol. The van der Waals surface area contributed by atoms with Crippen molar-refractivity contribution in [2.75, 3.05) is 26.7 Å². The molecular formula is C14H28N2O3. The molecule has 0 saturated carbocycles. The van der Waals surface area contributed by atoms with E-state index in [1.165, 1.54) is 11.9 Å². The molecule has 0 spiro atoms. The Labute approximate surface area is 116 Å². The Morgan fingerprint density at radius 3 is 1.74 bits per heavy atom. The van der Waals surface area contributed by atoms with Gasteiger partial charge in [-0.3, -0.25) is 4.79 Å². The third kappa shape index (κ3) is 8.46. The Morgan fingerprint density at radius 2 is 1.42 bits per heavy atom. The van der Waals surface area contributed by atoms with Gasteiger partial charge in [-0.05, 0) is 24.7 Å². The molecule has 0 saturated heterocycles. The molecule has 0 aliphatic rings. The number of nitrogens with zero attached hydrogens (tertiary/aromatic N) is 2. The Morgan fingerprint density at radius 1 is 1.00 bits per heavy atom. The number of amides is 2. The highest BCUT2D eigenvalue weighted by Crippen LogP contribution is 2.08. The maximum Gasteiger partial charge on any atom is 0.323 e. The normalized spacial score (nSPS) is 10.9. The van der Waals surface area contributed by atoms with Gasteiger partial charge in [0.15, 0.2) is 0 Å². The van der Waals surface area contributed by atoms with Gasteiger partial charge < -0.3 is 14.9 Å². The number of carboxylic acids is 1. The van der Waals surface area contributed by atoms with Gasteiger partial charge in [0.1, 0.15) is 6.54 Å². The molecule has 0 bridgehead atoms. The van der Waals surface area contributed by atoms with Gasteiger partial charge in [0.2, 0.25) is 0 Å². The van der Waals surface area contributed by atoms with Gasteiger partial charge in [0.05, 0.1) is 0 Å². The zero-order chi connectivity index (χ0) is 15.0. The second-order valence-corrected chi connectivity index (χ2v) is 5.88. The molecule has 112 valence electrons. The summed E-state index contributed by atoms with van der Waals surface area (Å²) >= 11 is 0. The van der Waals surface area contributed by atoms with E-state index in [0.717, 1.165) is 12.8 Å². The van der Waals surface area contributed by atoms with Crippen molar-refractivity contribution >= 4 is 12.0 Å². The van der Waals surface area contributed by atoms with Gasteiger partial charge >= 0.3 is 12.0 Å². The molecule has 0 rings (SSSR count). The minimum atomic E-state index is -0.983. The first-order valence-electron chi connectivity index (χ1n) is 6.95. The fraction of sp³-hybridized carbons (Fsp3) is 0.857. The first kappa shape index (κ1) is 17.7. The number of hydrogen-bond donors (Lipinski definition) is 1. The van der Waals surface area contributed by atoms with E-state index in [9.17, 15) is 9.59 Å². The summed E-state index contributed by atoms with van der Waals surface area (Å²) in [6, 6.07) is -0.191. The van der Waals surface area contributed by atoms with Crippen LogP contribution in [-0.2, 0) is 4.79 Å². The Bertz CT molecular complexity index is 278. The van der Waals surface area contributed by atoms with Gasteiger partial charge in [0.25, 0.3) is 0 Å². The summed E-state index contributed by atoms with van der Waals surface area (Å²) in [5.74, 6) is 0.0711. The molecule has 0 aromatic heterocycles. The predicted molar refractivity (Wildman–Crippen MR) is 76.1 cm³/mol. The van der Waals surface area contributed by atoms with Crippen molar-refractivity contribution in [2.45, 2.75) is 40.5 Å². The molecule has 0 fully saturated rings. The highest BCUT2D eigenvalue weighted by atomic mass is 16.4. The largest absolute Gasteiger partial charge is 0.480 e. The topological polar surface area (TPSA) is 60.9 Å². The Kier molecular flexibility index (Phi) is 8.19. The number of urea groups is 1. The van der Waals surface area contributed by atoms with Gasteiger partial charge in [-0.25, -0.2) is 4.79 Å². The third-order valence-corrected chi connectivity index (χ3v) is 2.92. The van der Waals surface area contributed by atoms with Crippen molar-refractivity contribution < 1.29 is 14.7 Å². The lowest BCUT2D eigenvalue weighted by atomic mass is 10.1. The highest BCUT2D eigenvalue weighted by molar-refractivity contribution is 5.79. The van der Waals surface area contributed by atoms with Crippen LogP contribution in [0.15, 0.2) is 0 Å². The zero-order valence-corrected chi connectivity index (χ0v) is 12.8. The Balaban J connectivity index is 4.51. The number of likely N-dealkylation sites (N-methyl/N-ethyl adjacent to an activating group) is 1. The molecule has 5 heteroatoms. The standard InChI is InChI=1S/C14H28N2O3/c1-11(2)6-8-16(9-7-12(3)4)14(19)15(5)10-13(17)18/h11-12H,6-10H2,1-5H3,(H,17,18). The quantitative estimate of drug-likeness (QED) is 0.738. The number of rotatable bonds is 8. The van der Waals surface area contributed by atoms with E-state index >= 15 is 0 Å². The van der Waals surface area contributed by atoms with Crippen molar-refractivity contribution in [3.05, 3.63) is 0 Å². The minimum absolute atomic E-state index is 0.191. The van der Waals surface area contributed by atoms with Crippen LogP contribution in [0.1, 0.15) is 40.5 Å². The van der Waals surface area contributed by atoms with Crippen molar-refractivity contribution in [3.63, 3.8) is 0 Å². The van der Waals surface area contributed by atoms with E-state index in [1.54, 1.807) is 4.90 Å². The number of carbonyl (C=O) groups excluding carboxylic acids is 1. The van der Waals surface area contributed by atoms with Crippen LogP contribution in [0.2, 0.25) is 0 Å². The summed E-state index contributed by atoms with van der Waals surface area (Å²) in [7, 11) is 1.54. The summed E-state index contributed by atoms with van der Waals surface area (Å²) in [6.07, 6.45) is 1.87. The number of carbonyl (C=O) groups is 2. The maximum absolute atomic E-state index is 12.2. The van der Waals surface area contributed by atoms with Gasteiger partial charge in [-0.15, -0.1) is 0 Å². The predicted octanol–water partition coefficient (Wildman–Crippen LogP) is 2.52. The van der Waals surface area contributed by atoms with Crippen LogP contribution in [0.4, 0.5) is 4.79 Å². The first-order valence-corrected chi connectivity index (χ1v) is 6.95. The number of aliphatic carboxylic acids is 1. The first-order chi connectivity index (χ1) is 8.73. The van der Waals surface area contributed by atoms with Crippen LogP contribution < -0.4 is 0 Å². The van der Waals surface area contributed by atoms with Gasteiger partial charge in [-0.1, -0.05) is 27.7 Å². The summed E-state index contributed by atoms with van der Waals surface area (Å²) in [4.78, 5) is 25.9. The van der Waals surface area contributed by atoms with Crippen LogP contribution in [0.25, 0.3) is 0 Å². The van der Waals surface area contributed by atoms with E-state index in [1.807, 2.05) is 0 Å². The van der Waals surface area contributed by atoms with Crippen LogP contribution in [0.3, 0.4) is 0 Å². The van der Waals surface area contributed by atoms with E-state index < -0.39 is 5.97 Å². The average molecular weight is 272 g/mol. The van der Waals surface area contributed by atoms with Gasteiger partial charge in [0, 0.05) is 20.1 Å². The van der Waals surface area contributed by atoms with Crippen LogP contribution in [0, 0.1) is 11.8 Å². The maximum atomic E-state index is 12.2. The lowest BCUT2D eigenvalue weighted by Crippen LogP contribution is -2.44. The smallest absolute Gasteiger partial charge is 0.323 e. The van der Waals surface area contributed by atoms with Crippen LogP contribution in [-0.4, -0.2) is 53.6 Å². The molecule has 0 aliphatic heterocycles. The van der Waals surface area contributed by atoms with E-state index in [-0.39, 0.29) is 12.6 Å². The summed E-state index contributed by atoms with van der Waals surface area (Å²) in [5.41, 5.74) is 0. The number of carboxylic acid groups (broad SMARTS) is 1. The molecular weight excluding hydrogens is 244 g/mol. The van der Waals surface area contributed by atoms with E-state index in [2.05, 4.69) is 27.7 Å². The highest BCUT2D eigenvalue weighted by Gasteiger charge is 2.19. The van der Waals surface area contributed by atoms with E-state index in [0.29, 0.717) is 24.9 Å². The van der Waals surface area contributed by atoms with Crippen LogP contribution >= 0.6 is 0 Å². The minimum Gasteiger partial charge on any atom is -0.480 e. The number of hydrogen-bond acceptors (Lipinski definition) is 2. The lowest BCUT2D eigenvalue weighted by molar-refractivity contribution is -0.137. The van der Waals surface area contributed by atoms with Crippen molar-refractivity contribution in [1.82, 2.24) is 9.80 Å². The SMILES string of the molecule is CC(C)CCN(CCC(C)C)C(=O)N(C)CC(=O)O. The molecule has 0 atom stereocenters. The molecule has 2 amide bonds. The average Bonchev–Trinajstić information content (AvgIpc) is 2.26. The summed E-state index contributed by atoms with van der Waals surface area (Å²) in [5, 5.41) is 8.74. The second-order valence-electron chi connectivity index (χ2n) is 5.88.